The number of hydrogen-bond acceptors (Lipinski definition) is 5. The molecule has 0 fully saturated rings. The molecule has 5 aliphatic rings. The molecular formula is C75H76BN3OS. The Labute approximate surface area is 484 Å². The van der Waals surface area contributed by atoms with Crippen molar-refractivity contribution in [2.75, 3.05) is 14.7 Å². The van der Waals surface area contributed by atoms with Gasteiger partial charge in [-0.3, -0.25) is 0 Å². The average molecular weight is 1080 g/mol. The molecular weight excluding hydrogens is 1000 g/mol. The molecule has 4 nitrogen and oxygen atoms in total. The van der Waals surface area contributed by atoms with E-state index in [9.17, 15) is 0 Å². The molecule has 0 radical (unpaired) electrons. The number of thiophene rings is 1. The van der Waals surface area contributed by atoms with Gasteiger partial charge in [0.15, 0.2) is 0 Å². The Bertz CT molecular complexity index is 4280. The summed E-state index contributed by atoms with van der Waals surface area (Å²) in [5.41, 5.74) is 25.1. The second kappa shape index (κ2) is 17.0. The summed E-state index contributed by atoms with van der Waals surface area (Å²) in [4.78, 5) is 7.84. The zero-order valence-corrected chi connectivity index (χ0v) is 50.7. The van der Waals surface area contributed by atoms with Crippen LogP contribution in [0.2, 0.25) is 0 Å². The Hall–Kier alpha value is -7.02. The Morgan fingerprint density at radius 2 is 0.963 bits per heavy atom. The topological polar surface area (TPSA) is 22.9 Å². The summed E-state index contributed by atoms with van der Waals surface area (Å²) in [6, 6.07) is 59.3. The maximum Gasteiger partial charge on any atom is 0.297 e. The molecule has 0 atom stereocenters. The molecule has 10 aromatic rings. The Kier molecular flexibility index (Phi) is 10.7. The van der Waals surface area contributed by atoms with Crippen molar-refractivity contribution in [3.63, 3.8) is 0 Å². The van der Waals surface area contributed by atoms with Gasteiger partial charge in [0.05, 0.1) is 17.0 Å². The molecule has 2 aromatic heterocycles. The van der Waals surface area contributed by atoms with E-state index in [0.717, 1.165) is 71.8 Å². The van der Waals surface area contributed by atoms with Crippen molar-refractivity contribution in [1.82, 2.24) is 0 Å². The van der Waals surface area contributed by atoms with Gasteiger partial charge in [0.25, 0.3) is 6.71 Å². The van der Waals surface area contributed by atoms with Crippen molar-refractivity contribution in [3.8, 4) is 0 Å². The lowest BCUT2D eigenvalue weighted by Gasteiger charge is -2.47. The van der Waals surface area contributed by atoms with Crippen LogP contribution < -0.4 is 31.3 Å². The van der Waals surface area contributed by atoms with Crippen molar-refractivity contribution in [3.05, 3.63) is 191 Å². The molecule has 81 heavy (non-hydrogen) atoms. The summed E-state index contributed by atoms with van der Waals surface area (Å²) in [6.07, 6.45) is 6.86. The normalized spacial score (nSPS) is 19.1. The molecule has 6 heteroatoms. The van der Waals surface area contributed by atoms with Crippen LogP contribution in [0.25, 0.3) is 31.1 Å². The number of furan rings is 1. The van der Waals surface area contributed by atoms with E-state index < -0.39 is 0 Å². The largest absolute Gasteiger partial charge is 0.468 e. The van der Waals surface area contributed by atoms with Gasteiger partial charge in [-0.2, -0.15) is 0 Å². The molecule has 0 N–H and O–H groups in total. The van der Waals surface area contributed by atoms with Crippen LogP contribution in [0.5, 0.6) is 0 Å². The van der Waals surface area contributed by atoms with E-state index in [1.54, 1.807) is 0 Å². The van der Waals surface area contributed by atoms with Gasteiger partial charge in [-0.1, -0.05) is 155 Å². The second-order valence-electron chi connectivity index (χ2n) is 29.0. The third-order valence-electron chi connectivity index (χ3n) is 20.9. The fourth-order valence-electron chi connectivity index (χ4n) is 15.5. The maximum absolute atomic E-state index is 7.81. The van der Waals surface area contributed by atoms with Crippen LogP contribution in [-0.4, -0.2) is 6.71 Å². The highest BCUT2D eigenvalue weighted by molar-refractivity contribution is 7.25. The van der Waals surface area contributed by atoms with Crippen molar-refractivity contribution < 1.29 is 4.42 Å². The average Bonchev–Trinajstić information content (AvgIpc) is 3.10. The van der Waals surface area contributed by atoms with Gasteiger partial charge >= 0.3 is 0 Å². The number of aryl methyl sites for hydroxylation is 1. The number of anilines is 9. The second-order valence-corrected chi connectivity index (χ2v) is 30.1. The minimum absolute atomic E-state index is 0.00451. The summed E-state index contributed by atoms with van der Waals surface area (Å²) in [5.74, 6) is 0. The van der Waals surface area contributed by atoms with Crippen molar-refractivity contribution >= 4 is 117 Å². The summed E-state index contributed by atoms with van der Waals surface area (Å²) >= 11 is 1.88. The van der Waals surface area contributed by atoms with Crippen molar-refractivity contribution in [1.29, 1.82) is 0 Å². The molecule has 2 aliphatic heterocycles. The number of para-hydroxylation sites is 1. The highest BCUT2D eigenvalue weighted by Crippen LogP contribution is 2.56. The van der Waals surface area contributed by atoms with Crippen molar-refractivity contribution in [2.24, 2.45) is 0 Å². The predicted molar refractivity (Wildman–Crippen MR) is 348 cm³/mol. The van der Waals surface area contributed by atoms with Gasteiger partial charge in [0.1, 0.15) is 5.58 Å². The molecule has 4 heterocycles. The van der Waals surface area contributed by atoms with Gasteiger partial charge < -0.3 is 19.1 Å². The quantitative estimate of drug-likeness (QED) is 0.160. The Morgan fingerprint density at radius 1 is 0.420 bits per heavy atom. The number of nitrogens with zero attached hydrogens (tertiary/aromatic N) is 3. The molecule has 3 aliphatic carbocycles. The van der Waals surface area contributed by atoms with E-state index in [-0.39, 0.29) is 39.2 Å². The van der Waals surface area contributed by atoms with Gasteiger partial charge in [-0.05, 0) is 207 Å². The van der Waals surface area contributed by atoms with E-state index >= 15 is 0 Å². The zero-order valence-electron chi connectivity index (χ0n) is 49.9. The molecule has 0 spiro atoms. The highest BCUT2D eigenvalue weighted by Gasteiger charge is 2.51. The Morgan fingerprint density at radius 3 is 1.63 bits per heavy atom. The summed E-state index contributed by atoms with van der Waals surface area (Å²) in [7, 11) is 0. The predicted octanol–water partition coefficient (Wildman–Crippen LogP) is 19.7. The molecule has 15 rings (SSSR count). The third kappa shape index (κ3) is 7.53. The molecule has 406 valence electrons. The number of rotatable bonds is 5. The van der Waals surface area contributed by atoms with Gasteiger partial charge in [-0.15, -0.1) is 11.3 Å². The van der Waals surface area contributed by atoms with Gasteiger partial charge in [0, 0.05) is 65.4 Å². The monoisotopic (exact) mass is 1080 g/mol. The summed E-state index contributed by atoms with van der Waals surface area (Å²) in [6.45, 7) is 31.6. The molecule has 0 unspecified atom stereocenters. The standard InChI is InChI=1S/C75H76BN3OS/c1-45-23-25-47(26-24-45)79-63-39-50(77(46-19-15-14-16-20-46)49-27-29-52-51-21-17-18-22-65(51)81-66(52)40-49)38-62-67(63)76(69-68(79)53-41-56-59(44-64(53)80-69)75(12,13)36-33-72(56,6)7)60-42-57-58(74(10,11)35-34-73(57,8)9)43-61(60)78(62)48-28-30-54-55(37-48)71(4,5)32-31-70(54,2)3/h14-30,37-44H,31-36H2,1-13H3. The number of fused-ring (bicyclic) bond motifs is 12. The lowest BCUT2D eigenvalue weighted by Crippen LogP contribution is -2.61. The van der Waals surface area contributed by atoms with E-state index in [4.69, 9.17) is 4.42 Å². The van der Waals surface area contributed by atoms with Crippen LogP contribution in [0, 0.1) is 6.92 Å². The molecule has 0 saturated carbocycles. The molecule has 8 aromatic carbocycles. The maximum atomic E-state index is 7.81. The first-order valence-corrected chi connectivity index (χ1v) is 30.9. The van der Waals surface area contributed by atoms with Crippen LogP contribution in [0.15, 0.2) is 156 Å². The zero-order chi connectivity index (χ0) is 56.1. The minimum atomic E-state index is -0.198. The lowest BCUT2D eigenvalue weighted by atomic mass is 9.35. The number of hydrogen-bond donors (Lipinski definition) is 0. The van der Waals surface area contributed by atoms with Crippen molar-refractivity contribution in [2.45, 2.75) is 161 Å². The SMILES string of the molecule is Cc1ccc(N2c3cc(N(c4ccccc4)c4ccc5c(c4)sc4ccccc45)cc4c3B(c3cc5c(cc3N4c3ccc4c(c3)C(C)(C)CCC4(C)C)C(C)(C)CCC5(C)C)c3oc4cc5c(cc4c32)C(C)(C)CCC5(C)C)cc1. The number of benzene rings is 8. The summed E-state index contributed by atoms with van der Waals surface area (Å²) < 4.78 is 10.4. The molecule has 0 saturated heterocycles. The lowest BCUT2D eigenvalue weighted by molar-refractivity contribution is 0.332. The fourth-order valence-corrected chi connectivity index (χ4v) is 16.7. The molecule has 0 bridgehead atoms. The summed E-state index contributed by atoms with van der Waals surface area (Å²) in [5, 5.41) is 3.79. The first-order valence-electron chi connectivity index (χ1n) is 30.1. The highest BCUT2D eigenvalue weighted by atomic mass is 32.1. The van der Waals surface area contributed by atoms with E-state index in [1.165, 1.54) is 105 Å². The Balaban J connectivity index is 1.10. The molecule has 0 amide bonds. The van der Waals surface area contributed by atoms with Crippen LogP contribution >= 0.6 is 11.3 Å². The first kappa shape index (κ1) is 50.9. The van der Waals surface area contributed by atoms with Crippen LogP contribution in [0.4, 0.5) is 51.2 Å². The van der Waals surface area contributed by atoms with Crippen LogP contribution in [0.3, 0.4) is 0 Å². The van der Waals surface area contributed by atoms with Crippen LogP contribution in [-0.2, 0) is 32.5 Å². The van der Waals surface area contributed by atoms with E-state index in [2.05, 4.69) is 256 Å². The van der Waals surface area contributed by atoms with E-state index in [0.29, 0.717) is 0 Å². The van der Waals surface area contributed by atoms with Gasteiger partial charge in [0.2, 0.25) is 0 Å². The van der Waals surface area contributed by atoms with Crippen LogP contribution in [0.1, 0.15) is 161 Å². The van der Waals surface area contributed by atoms with Gasteiger partial charge in [-0.25, -0.2) is 0 Å². The minimum Gasteiger partial charge on any atom is -0.468 e. The fraction of sp³-hybridized carbons (Fsp3) is 0.333. The third-order valence-corrected chi connectivity index (χ3v) is 22.0. The van der Waals surface area contributed by atoms with E-state index in [1.807, 2.05) is 11.3 Å². The smallest absolute Gasteiger partial charge is 0.297 e. The first-order chi connectivity index (χ1) is 38.5.